The molecule has 14 nitrogen and oxygen atoms in total. The number of rotatable bonds is 5. The van der Waals surface area contributed by atoms with Gasteiger partial charge in [-0.2, -0.15) is 5.26 Å². The molecule has 0 saturated heterocycles. The zero-order valence-electron chi connectivity index (χ0n) is 31.3. The van der Waals surface area contributed by atoms with Crippen molar-refractivity contribution in [3.63, 3.8) is 0 Å². The van der Waals surface area contributed by atoms with Gasteiger partial charge in [0.25, 0.3) is 0 Å². The van der Waals surface area contributed by atoms with Crippen LogP contribution in [0.15, 0.2) is 18.2 Å². The second-order valence-corrected chi connectivity index (χ2v) is 15.4. The zero-order valence-corrected chi connectivity index (χ0v) is 32.1. The number of nitrogens with zero attached hydrogens (tertiary/aromatic N) is 3. The molecule has 0 fully saturated rings. The molecule has 54 heavy (non-hydrogen) atoms. The van der Waals surface area contributed by atoms with Crippen molar-refractivity contribution in [2.24, 2.45) is 0 Å². The number of benzene rings is 3. The lowest BCUT2D eigenvalue weighted by atomic mass is 9.71. The third kappa shape index (κ3) is 6.01. The van der Waals surface area contributed by atoms with Crippen molar-refractivity contribution in [2.75, 3.05) is 60.7 Å². The van der Waals surface area contributed by atoms with Gasteiger partial charge in [-0.05, 0) is 69.7 Å². The van der Waals surface area contributed by atoms with Crippen LogP contribution >= 0.6 is 11.8 Å². The topological polar surface area (TPSA) is 172 Å². The van der Waals surface area contributed by atoms with Crippen LogP contribution in [0.1, 0.15) is 73.6 Å². The molecule has 3 aromatic carbocycles. The van der Waals surface area contributed by atoms with Crippen molar-refractivity contribution >= 4 is 23.7 Å². The minimum Gasteiger partial charge on any atom is -0.504 e. The average Bonchev–Trinajstić information content (AvgIpc) is 3.62. The quantitative estimate of drug-likeness (QED) is 0.243. The molecule has 0 saturated carbocycles. The van der Waals surface area contributed by atoms with E-state index in [4.69, 9.17) is 28.4 Å². The van der Waals surface area contributed by atoms with Gasteiger partial charge in [0.1, 0.15) is 17.9 Å². The van der Waals surface area contributed by atoms with Crippen LogP contribution in [0.25, 0.3) is 0 Å². The molecule has 0 spiro atoms. The van der Waals surface area contributed by atoms with Gasteiger partial charge in [0.2, 0.25) is 6.79 Å². The van der Waals surface area contributed by atoms with Gasteiger partial charge < -0.3 is 48.9 Å². The molecule has 5 aliphatic rings. The number of nitrogens with one attached hydrogen (secondary N) is 1. The lowest BCUT2D eigenvalue weighted by Crippen LogP contribution is -2.62. The molecule has 0 aliphatic carbocycles. The standard InChI is InChI=1S/C39H44N4O10S/c1-19-10-23-13-39(15-40,16-42(4)5)43-25-14-50-38(47)24-12-27(48-6)26(45)11-22(24)8-9-41-17-54-37(31(43)28(23)32(46)33(19)49-7)30-29(25)36-35(51-18-52-36)20(2)34(30)53-21(3)44/h10-12,25,31,37,41,45-46H,8-9,13-14,16-18H2,1-7H3/t25-,31+,37+,39-/m0/s1. The maximum Gasteiger partial charge on any atom is 0.338 e. The highest BCUT2D eigenvalue weighted by Gasteiger charge is 2.59. The zero-order chi connectivity index (χ0) is 38.6. The van der Waals surface area contributed by atoms with E-state index in [1.165, 1.54) is 45.0 Å². The molecule has 3 aromatic rings. The van der Waals surface area contributed by atoms with Crippen LogP contribution in [0.2, 0.25) is 0 Å². The number of thioether (sulfide) groups is 1. The normalized spacial score (nSPS) is 23.2. The van der Waals surface area contributed by atoms with E-state index in [-0.39, 0.29) is 54.9 Å². The highest BCUT2D eigenvalue weighted by atomic mass is 32.2. The van der Waals surface area contributed by atoms with Crippen LogP contribution in [-0.2, 0) is 22.4 Å². The van der Waals surface area contributed by atoms with Crippen LogP contribution in [0.5, 0.6) is 40.2 Å². The first kappa shape index (κ1) is 37.4. The Morgan fingerprint density at radius 3 is 2.52 bits per heavy atom. The van der Waals surface area contributed by atoms with E-state index in [1.54, 1.807) is 6.92 Å². The van der Waals surface area contributed by atoms with Crippen LogP contribution < -0.4 is 29.0 Å². The molecule has 3 N–H and O–H groups in total. The van der Waals surface area contributed by atoms with E-state index in [0.717, 1.165) is 5.56 Å². The van der Waals surface area contributed by atoms with Gasteiger partial charge >= 0.3 is 11.9 Å². The van der Waals surface area contributed by atoms with Crippen molar-refractivity contribution in [3.8, 4) is 46.3 Å². The van der Waals surface area contributed by atoms with Gasteiger partial charge in [0.05, 0.1) is 43.2 Å². The summed E-state index contributed by atoms with van der Waals surface area (Å²) in [6.45, 7) is 5.32. The first-order valence-electron chi connectivity index (χ1n) is 17.6. The molecule has 0 unspecified atom stereocenters. The molecule has 0 radical (unpaired) electrons. The summed E-state index contributed by atoms with van der Waals surface area (Å²) >= 11 is 1.53. The molecule has 286 valence electrons. The molecular formula is C39H44N4O10S. The van der Waals surface area contributed by atoms with Crippen molar-refractivity contribution in [2.45, 2.75) is 56.5 Å². The number of carbonyl (C=O) groups is 2. The van der Waals surface area contributed by atoms with Gasteiger partial charge in [-0.3, -0.25) is 9.69 Å². The van der Waals surface area contributed by atoms with Gasteiger partial charge in [-0.15, -0.1) is 11.8 Å². The summed E-state index contributed by atoms with van der Waals surface area (Å²) in [7, 11) is 6.70. The fourth-order valence-corrected chi connectivity index (χ4v) is 9.96. The highest BCUT2D eigenvalue weighted by Crippen LogP contribution is 2.66. The number of carbonyl (C=O) groups excluding carboxylic acids is 2. The Bertz CT molecular complexity index is 2080. The summed E-state index contributed by atoms with van der Waals surface area (Å²) in [5.74, 6) is 0.529. The second-order valence-electron chi connectivity index (χ2n) is 14.3. The van der Waals surface area contributed by atoms with E-state index in [2.05, 4.69) is 16.3 Å². The average molecular weight is 761 g/mol. The largest absolute Gasteiger partial charge is 0.504 e. The molecule has 8 rings (SSSR count). The number of hydrogen-bond acceptors (Lipinski definition) is 15. The van der Waals surface area contributed by atoms with Crippen molar-refractivity contribution in [1.82, 2.24) is 15.1 Å². The Morgan fingerprint density at radius 2 is 1.83 bits per heavy atom. The number of methoxy groups -OCH3 is 2. The maximum absolute atomic E-state index is 14.2. The summed E-state index contributed by atoms with van der Waals surface area (Å²) in [5.41, 5.74) is 3.36. The number of esters is 2. The highest BCUT2D eigenvalue weighted by molar-refractivity contribution is 7.99. The molecule has 15 heteroatoms. The summed E-state index contributed by atoms with van der Waals surface area (Å²) in [6.07, 6.45) is 0.614. The third-order valence-corrected chi connectivity index (χ3v) is 11.8. The lowest BCUT2D eigenvalue weighted by Gasteiger charge is -2.57. The number of phenols is 2. The SMILES string of the molecule is COc1cc2c(cc1O)CCNCS[C@@H]1c3c(OC(C)=O)c(C)c4c(c3[C@H](COC2=O)N2[C@@H]1c1c(cc(C)c(OC)c1O)C[C@]2(C#N)CN(C)C)OCO4. The molecular weight excluding hydrogens is 717 g/mol. The summed E-state index contributed by atoms with van der Waals surface area (Å²) in [5, 5.41) is 37.1. The number of aromatic hydroxyl groups is 2. The molecule has 5 heterocycles. The smallest absolute Gasteiger partial charge is 0.338 e. The first-order chi connectivity index (χ1) is 25.8. The van der Waals surface area contributed by atoms with Crippen molar-refractivity contribution in [3.05, 3.63) is 62.7 Å². The number of hydrogen-bond donors (Lipinski definition) is 3. The van der Waals surface area contributed by atoms with Gasteiger partial charge in [0.15, 0.2) is 34.5 Å². The summed E-state index contributed by atoms with van der Waals surface area (Å²) in [6, 6.07) is 6.02. The summed E-state index contributed by atoms with van der Waals surface area (Å²) in [4.78, 5) is 31.1. The number of ether oxygens (including phenoxy) is 6. The van der Waals surface area contributed by atoms with Crippen LogP contribution in [-0.4, -0.2) is 98.2 Å². The Morgan fingerprint density at radius 1 is 1.07 bits per heavy atom. The predicted octanol–water partition coefficient (Wildman–Crippen LogP) is 4.60. The van der Waals surface area contributed by atoms with E-state index < -0.39 is 34.8 Å². The molecule has 2 bridgehead atoms. The van der Waals surface area contributed by atoms with Crippen molar-refractivity contribution < 1.29 is 48.2 Å². The fraction of sp³-hybridized carbons (Fsp3) is 0.462. The Kier molecular flexibility index (Phi) is 9.99. The first-order valence-corrected chi connectivity index (χ1v) is 18.7. The Balaban J connectivity index is 1.57. The van der Waals surface area contributed by atoms with E-state index in [9.17, 15) is 25.1 Å². The minimum absolute atomic E-state index is 0.0508. The van der Waals surface area contributed by atoms with Crippen LogP contribution in [0.3, 0.4) is 0 Å². The molecule has 5 aliphatic heterocycles. The third-order valence-electron chi connectivity index (χ3n) is 10.6. The molecule has 0 aromatic heterocycles. The Labute approximate surface area is 317 Å². The predicted molar refractivity (Wildman–Crippen MR) is 198 cm³/mol. The lowest BCUT2D eigenvalue weighted by molar-refractivity contribution is -0.132. The number of phenolic OH excluding ortho intramolecular Hbond substituents is 2. The van der Waals surface area contributed by atoms with Crippen LogP contribution in [0.4, 0.5) is 0 Å². The molecule has 0 amide bonds. The fourth-order valence-electron chi connectivity index (χ4n) is 8.67. The van der Waals surface area contributed by atoms with E-state index in [1.807, 2.05) is 32.0 Å². The van der Waals surface area contributed by atoms with Crippen LogP contribution in [0, 0.1) is 25.2 Å². The number of fused-ring (bicyclic) bond motifs is 8. The Hall–Kier alpha value is -4.88. The monoisotopic (exact) mass is 760 g/mol. The molecule has 4 atom stereocenters. The second kappa shape index (κ2) is 14.4. The maximum atomic E-state index is 14.2. The number of aryl methyl sites for hydroxylation is 1. The van der Waals surface area contributed by atoms with E-state index >= 15 is 0 Å². The van der Waals surface area contributed by atoms with Gasteiger partial charge in [-0.25, -0.2) is 4.79 Å². The summed E-state index contributed by atoms with van der Waals surface area (Å²) < 4.78 is 35.7. The van der Waals surface area contributed by atoms with Gasteiger partial charge in [-0.1, -0.05) is 6.07 Å². The minimum atomic E-state index is -1.24. The number of nitriles is 1. The van der Waals surface area contributed by atoms with Gasteiger partial charge in [0, 0.05) is 48.0 Å². The van der Waals surface area contributed by atoms with Crippen molar-refractivity contribution in [1.29, 1.82) is 5.26 Å². The van der Waals surface area contributed by atoms with E-state index in [0.29, 0.717) is 69.5 Å². The number of likely N-dealkylation sites (N-methyl/N-ethyl adjacent to an activating group) is 1.